The van der Waals surface area contributed by atoms with Crippen molar-refractivity contribution in [1.29, 1.82) is 0 Å². The molecule has 0 aliphatic carbocycles. The highest BCUT2D eigenvalue weighted by Crippen LogP contribution is 2.25. The van der Waals surface area contributed by atoms with Crippen LogP contribution < -0.4 is 5.73 Å². The summed E-state index contributed by atoms with van der Waals surface area (Å²) < 4.78 is 0. The number of rotatable bonds is 3. The molecule has 2 rings (SSSR count). The van der Waals surface area contributed by atoms with E-state index in [4.69, 9.17) is 5.73 Å². The maximum absolute atomic E-state index is 5.62. The van der Waals surface area contributed by atoms with Crippen LogP contribution in [0.2, 0.25) is 0 Å². The first kappa shape index (κ1) is 11.6. The van der Waals surface area contributed by atoms with Gasteiger partial charge in [-0.05, 0) is 40.8 Å². The van der Waals surface area contributed by atoms with E-state index in [0.29, 0.717) is 6.54 Å². The standard InChI is InChI=1S/C16H17N/c1-12-6-3-4-9-16(12)15-8-5-7-14(10-15)13(2)11-17/h3-10H,2,11,17H2,1H3. The lowest BCUT2D eigenvalue weighted by Crippen LogP contribution is -2.00. The predicted molar refractivity (Wildman–Crippen MR) is 74.7 cm³/mol. The Morgan fingerprint density at radius 1 is 1.12 bits per heavy atom. The van der Waals surface area contributed by atoms with Gasteiger partial charge in [0.2, 0.25) is 0 Å². The van der Waals surface area contributed by atoms with E-state index in [9.17, 15) is 0 Å². The van der Waals surface area contributed by atoms with Crippen LogP contribution in [0.5, 0.6) is 0 Å². The first-order valence-electron chi connectivity index (χ1n) is 5.76. The van der Waals surface area contributed by atoms with Gasteiger partial charge in [0.1, 0.15) is 0 Å². The second kappa shape index (κ2) is 4.98. The first-order valence-corrected chi connectivity index (χ1v) is 5.76. The van der Waals surface area contributed by atoms with Crippen LogP contribution in [0.3, 0.4) is 0 Å². The van der Waals surface area contributed by atoms with Crippen LogP contribution in [0.15, 0.2) is 55.1 Å². The lowest BCUT2D eigenvalue weighted by Gasteiger charge is -2.09. The molecule has 0 aliphatic rings. The monoisotopic (exact) mass is 223 g/mol. The Labute approximate surface area is 103 Å². The van der Waals surface area contributed by atoms with Gasteiger partial charge < -0.3 is 5.73 Å². The minimum absolute atomic E-state index is 0.497. The zero-order valence-corrected chi connectivity index (χ0v) is 10.1. The average molecular weight is 223 g/mol. The van der Waals surface area contributed by atoms with E-state index in [1.165, 1.54) is 16.7 Å². The summed E-state index contributed by atoms with van der Waals surface area (Å²) in [7, 11) is 0. The molecule has 0 atom stereocenters. The van der Waals surface area contributed by atoms with Crippen molar-refractivity contribution >= 4 is 5.57 Å². The minimum Gasteiger partial charge on any atom is -0.326 e. The van der Waals surface area contributed by atoms with Crippen LogP contribution in [0.4, 0.5) is 0 Å². The molecule has 0 radical (unpaired) electrons. The highest BCUT2D eigenvalue weighted by molar-refractivity contribution is 5.73. The molecule has 0 bridgehead atoms. The van der Waals surface area contributed by atoms with Crippen LogP contribution in [0.1, 0.15) is 11.1 Å². The quantitative estimate of drug-likeness (QED) is 0.844. The van der Waals surface area contributed by atoms with E-state index in [0.717, 1.165) is 11.1 Å². The lowest BCUT2D eigenvalue weighted by molar-refractivity contribution is 1.27. The minimum atomic E-state index is 0.497. The Balaban J connectivity index is 2.47. The van der Waals surface area contributed by atoms with Crippen LogP contribution in [0.25, 0.3) is 16.7 Å². The Bertz CT molecular complexity index is 541. The van der Waals surface area contributed by atoms with Gasteiger partial charge in [0.25, 0.3) is 0 Å². The Morgan fingerprint density at radius 2 is 1.88 bits per heavy atom. The summed E-state index contributed by atoms with van der Waals surface area (Å²) >= 11 is 0. The molecule has 0 saturated heterocycles. The van der Waals surface area contributed by atoms with E-state index >= 15 is 0 Å². The molecule has 1 heteroatoms. The Morgan fingerprint density at radius 3 is 2.59 bits per heavy atom. The third-order valence-electron chi connectivity index (χ3n) is 2.97. The van der Waals surface area contributed by atoms with E-state index in [-0.39, 0.29) is 0 Å². The van der Waals surface area contributed by atoms with Gasteiger partial charge in [-0.25, -0.2) is 0 Å². The molecule has 0 aromatic heterocycles. The summed E-state index contributed by atoms with van der Waals surface area (Å²) in [5, 5.41) is 0. The molecule has 0 unspecified atom stereocenters. The molecular weight excluding hydrogens is 206 g/mol. The summed E-state index contributed by atoms with van der Waals surface area (Å²) in [6.07, 6.45) is 0. The third-order valence-corrected chi connectivity index (χ3v) is 2.97. The van der Waals surface area contributed by atoms with Gasteiger partial charge in [-0.15, -0.1) is 0 Å². The third kappa shape index (κ3) is 2.45. The molecule has 2 N–H and O–H groups in total. The second-order valence-corrected chi connectivity index (χ2v) is 4.20. The fourth-order valence-electron chi connectivity index (χ4n) is 1.92. The smallest absolute Gasteiger partial charge is 0.0178 e. The van der Waals surface area contributed by atoms with E-state index in [2.05, 4.69) is 62.0 Å². The lowest BCUT2D eigenvalue weighted by atomic mass is 9.97. The largest absolute Gasteiger partial charge is 0.326 e. The fraction of sp³-hybridized carbons (Fsp3) is 0.125. The van der Waals surface area contributed by atoms with Gasteiger partial charge in [-0.1, -0.05) is 49.0 Å². The predicted octanol–water partition coefficient (Wildman–Crippen LogP) is 3.63. The maximum Gasteiger partial charge on any atom is 0.0178 e. The maximum atomic E-state index is 5.62. The van der Waals surface area contributed by atoms with Crippen molar-refractivity contribution in [2.24, 2.45) is 5.73 Å². The van der Waals surface area contributed by atoms with Crippen molar-refractivity contribution in [3.63, 3.8) is 0 Å². The zero-order chi connectivity index (χ0) is 12.3. The fourth-order valence-corrected chi connectivity index (χ4v) is 1.92. The molecule has 0 spiro atoms. The highest BCUT2D eigenvalue weighted by Gasteiger charge is 2.03. The van der Waals surface area contributed by atoms with Crippen molar-refractivity contribution in [2.45, 2.75) is 6.92 Å². The van der Waals surface area contributed by atoms with Gasteiger partial charge in [-0.3, -0.25) is 0 Å². The molecule has 0 aliphatic heterocycles. The van der Waals surface area contributed by atoms with E-state index in [1.807, 2.05) is 0 Å². The number of aryl methyl sites for hydroxylation is 1. The topological polar surface area (TPSA) is 26.0 Å². The van der Waals surface area contributed by atoms with Crippen molar-refractivity contribution in [2.75, 3.05) is 6.54 Å². The molecule has 2 aromatic rings. The SMILES string of the molecule is C=C(CN)c1cccc(-c2ccccc2C)c1. The van der Waals surface area contributed by atoms with Crippen molar-refractivity contribution in [3.05, 3.63) is 66.2 Å². The second-order valence-electron chi connectivity index (χ2n) is 4.20. The van der Waals surface area contributed by atoms with Crippen molar-refractivity contribution in [1.82, 2.24) is 0 Å². The summed E-state index contributed by atoms with van der Waals surface area (Å²) in [5.41, 5.74) is 11.5. The van der Waals surface area contributed by atoms with E-state index < -0.39 is 0 Å². The molecule has 2 aromatic carbocycles. The molecule has 0 fully saturated rings. The average Bonchev–Trinajstić information content (AvgIpc) is 2.38. The molecule has 0 saturated carbocycles. The van der Waals surface area contributed by atoms with Crippen molar-refractivity contribution in [3.8, 4) is 11.1 Å². The number of nitrogens with two attached hydrogens (primary N) is 1. The van der Waals surface area contributed by atoms with Crippen LogP contribution in [0, 0.1) is 6.92 Å². The van der Waals surface area contributed by atoms with Gasteiger partial charge >= 0.3 is 0 Å². The van der Waals surface area contributed by atoms with Crippen LogP contribution in [-0.2, 0) is 0 Å². The van der Waals surface area contributed by atoms with Gasteiger partial charge in [0.15, 0.2) is 0 Å². The van der Waals surface area contributed by atoms with Gasteiger partial charge in [0.05, 0.1) is 0 Å². The zero-order valence-electron chi connectivity index (χ0n) is 10.1. The summed E-state index contributed by atoms with van der Waals surface area (Å²) in [5.74, 6) is 0. The molecule has 86 valence electrons. The molecule has 17 heavy (non-hydrogen) atoms. The normalized spacial score (nSPS) is 10.2. The summed E-state index contributed by atoms with van der Waals surface area (Å²) in [6, 6.07) is 16.8. The number of hydrogen-bond acceptors (Lipinski definition) is 1. The van der Waals surface area contributed by atoms with Crippen molar-refractivity contribution < 1.29 is 0 Å². The van der Waals surface area contributed by atoms with E-state index in [1.54, 1.807) is 0 Å². The van der Waals surface area contributed by atoms with Gasteiger partial charge in [0, 0.05) is 6.54 Å². The number of hydrogen-bond donors (Lipinski definition) is 1. The molecule has 1 nitrogen and oxygen atoms in total. The van der Waals surface area contributed by atoms with Crippen LogP contribution >= 0.6 is 0 Å². The first-order chi connectivity index (χ1) is 8.22. The highest BCUT2D eigenvalue weighted by atomic mass is 14.5. The molecular formula is C16H17N. The molecule has 0 heterocycles. The number of benzene rings is 2. The Hall–Kier alpha value is -1.86. The van der Waals surface area contributed by atoms with Gasteiger partial charge in [-0.2, -0.15) is 0 Å². The van der Waals surface area contributed by atoms with Crippen LogP contribution in [-0.4, -0.2) is 6.54 Å². The Kier molecular flexibility index (Phi) is 3.40. The summed E-state index contributed by atoms with van der Waals surface area (Å²) in [6.45, 7) is 6.60. The molecule has 0 amide bonds. The summed E-state index contributed by atoms with van der Waals surface area (Å²) in [4.78, 5) is 0.